The Labute approximate surface area is 71.8 Å². The van der Waals surface area contributed by atoms with E-state index in [2.05, 4.69) is 16.7 Å². The first-order chi connectivity index (χ1) is 5.86. The molecule has 0 radical (unpaired) electrons. The van der Waals surface area contributed by atoms with Crippen molar-refractivity contribution in [1.82, 2.24) is 4.98 Å². The third-order valence-electron chi connectivity index (χ3n) is 1.64. The van der Waals surface area contributed by atoms with Gasteiger partial charge in [0.25, 0.3) is 0 Å². The molecule has 12 heavy (non-hydrogen) atoms. The smallest absolute Gasteiger partial charge is 0.0778 e. The lowest BCUT2D eigenvalue weighted by molar-refractivity contribution is 0.266. The van der Waals surface area contributed by atoms with Crippen molar-refractivity contribution in [2.45, 2.75) is 12.5 Å². The molecular formula is C9H12N2O. The minimum absolute atomic E-state index is 0.0279. The standard InChI is InChI=1S/C9H12N2O/c1-10-9(7-12)6-8-4-2-3-5-11-8/h2-5,9,12H,1,6-7H2. The van der Waals surface area contributed by atoms with Crippen molar-refractivity contribution in [3.8, 4) is 0 Å². The molecular weight excluding hydrogens is 152 g/mol. The van der Waals surface area contributed by atoms with Gasteiger partial charge in [-0.05, 0) is 18.9 Å². The second kappa shape index (κ2) is 4.62. The molecule has 1 heterocycles. The van der Waals surface area contributed by atoms with Gasteiger partial charge < -0.3 is 5.11 Å². The minimum atomic E-state index is -0.125. The van der Waals surface area contributed by atoms with Crippen LogP contribution in [0, 0.1) is 0 Å². The van der Waals surface area contributed by atoms with Crippen molar-refractivity contribution in [3.63, 3.8) is 0 Å². The van der Waals surface area contributed by atoms with Gasteiger partial charge in [-0.1, -0.05) is 6.07 Å². The lowest BCUT2D eigenvalue weighted by Gasteiger charge is -2.06. The van der Waals surface area contributed by atoms with Crippen molar-refractivity contribution >= 4 is 6.72 Å². The Balaban J connectivity index is 2.56. The number of nitrogens with zero attached hydrogens (tertiary/aromatic N) is 2. The molecule has 0 aliphatic carbocycles. The predicted molar refractivity (Wildman–Crippen MR) is 48.4 cm³/mol. The maximum Gasteiger partial charge on any atom is 0.0778 e. The fourth-order valence-electron chi connectivity index (χ4n) is 0.947. The molecule has 1 aromatic heterocycles. The van der Waals surface area contributed by atoms with E-state index in [1.807, 2.05) is 18.2 Å². The minimum Gasteiger partial charge on any atom is -0.394 e. The van der Waals surface area contributed by atoms with Crippen molar-refractivity contribution in [2.75, 3.05) is 6.61 Å². The molecule has 0 saturated carbocycles. The summed E-state index contributed by atoms with van der Waals surface area (Å²) in [4.78, 5) is 7.88. The number of pyridine rings is 1. The summed E-state index contributed by atoms with van der Waals surface area (Å²) in [5.41, 5.74) is 0.934. The molecule has 1 aromatic rings. The van der Waals surface area contributed by atoms with Gasteiger partial charge in [-0.25, -0.2) is 0 Å². The molecule has 1 unspecified atom stereocenters. The van der Waals surface area contributed by atoms with E-state index in [0.717, 1.165) is 5.69 Å². The van der Waals surface area contributed by atoms with Crippen molar-refractivity contribution < 1.29 is 5.11 Å². The average molecular weight is 164 g/mol. The maximum absolute atomic E-state index is 8.83. The molecule has 1 rings (SSSR count). The predicted octanol–water partition coefficient (Wildman–Crippen LogP) is 0.686. The zero-order valence-electron chi connectivity index (χ0n) is 6.85. The molecule has 0 aliphatic heterocycles. The Morgan fingerprint density at radius 2 is 2.42 bits per heavy atom. The summed E-state index contributed by atoms with van der Waals surface area (Å²) in [5.74, 6) is 0. The lowest BCUT2D eigenvalue weighted by atomic mass is 10.1. The van der Waals surface area contributed by atoms with Crippen molar-refractivity contribution in [2.24, 2.45) is 4.99 Å². The van der Waals surface area contributed by atoms with Crippen molar-refractivity contribution in [3.05, 3.63) is 30.1 Å². The summed E-state index contributed by atoms with van der Waals surface area (Å²) < 4.78 is 0. The molecule has 0 aromatic carbocycles. The van der Waals surface area contributed by atoms with E-state index >= 15 is 0 Å². The molecule has 0 aliphatic rings. The molecule has 0 saturated heterocycles. The van der Waals surface area contributed by atoms with Crippen LogP contribution in [0.1, 0.15) is 5.69 Å². The highest BCUT2D eigenvalue weighted by molar-refractivity contribution is 5.24. The third-order valence-corrected chi connectivity index (χ3v) is 1.64. The Morgan fingerprint density at radius 1 is 1.58 bits per heavy atom. The molecule has 3 nitrogen and oxygen atoms in total. The van der Waals surface area contributed by atoms with Gasteiger partial charge in [-0.2, -0.15) is 0 Å². The van der Waals surface area contributed by atoms with Gasteiger partial charge in [0, 0.05) is 18.3 Å². The van der Waals surface area contributed by atoms with Crippen LogP contribution in [0.5, 0.6) is 0 Å². The summed E-state index contributed by atoms with van der Waals surface area (Å²) in [5, 5.41) is 8.83. The van der Waals surface area contributed by atoms with Crippen LogP contribution in [0.25, 0.3) is 0 Å². The number of rotatable bonds is 4. The zero-order valence-corrected chi connectivity index (χ0v) is 6.85. The van der Waals surface area contributed by atoms with E-state index in [1.165, 1.54) is 0 Å². The van der Waals surface area contributed by atoms with Crippen LogP contribution in [-0.4, -0.2) is 29.5 Å². The van der Waals surface area contributed by atoms with Gasteiger partial charge in [-0.15, -0.1) is 0 Å². The summed E-state index contributed by atoms with van der Waals surface area (Å²) in [6.07, 6.45) is 2.38. The van der Waals surface area contributed by atoms with Gasteiger partial charge in [-0.3, -0.25) is 9.98 Å². The van der Waals surface area contributed by atoms with Gasteiger partial charge >= 0.3 is 0 Å². The van der Waals surface area contributed by atoms with E-state index in [-0.39, 0.29) is 12.6 Å². The topological polar surface area (TPSA) is 45.5 Å². The van der Waals surface area contributed by atoms with Crippen LogP contribution < -0.4 is 0 Å². The van der Waals surface area contributed by atoms with Crippen LogP contribution in [0.3, 0.4) is 0 Å². The number of aliphatic imine (C=N–C) groups is 1. The van der Waals surface area contributed by atoms with Gasteiger partial charge in [0.15, 0.2) is 0 Å². The van der Waals surface area contributed by atoms with E-state index in [9.17, 15) is 0 Å². The van der Waals surface area contributed by atoms with Gasteiger partial charge in [0.05, 0.1) is 12.6 Å². The third kappa shape index (κ3) is 2.43. The summed E-state index contributed by atoms with van der Waals surface area (Å²) >= 11 is 0. The van der Waals surface area contributed by atoms with Crippen LogP contribution in [-0.2, 0) is 6.42 Å². The summed E-state index contributed by atoms with van der Waals surface area (Å²) in [6.45, 7) is 3.42. The average Bonchev–Trinajstić information content (AvgIpc) is 2.16. The second-order valence-corrected chi connectivity index (χ2v) is 2.54. The molecule has 3 heteroatoms. The quantitative estimate of drug-likeness (QED) is 0.665. The monoisotopic (exact) mass is 164 g/mol. The first-order valence-electron chi connectivity index (χ1n) is 3.83. The maximum atomic E-state index is 8.83. The van der Waals surface area contributed by atoms with Crippen LogP contribution in [0.2, 0.25) is 0 Å². The highest BCUT2D eigenvalue weighted by Gasteiger charge is 2.04. The fraction of sp³-hybridized carbons (Fsp3) is 0.333. The number of aliphatic hydroxyl groups is 1. The summed E-state index contributed by atoms with van der Waals surface area (Å²) in [6, 6.07) is 5.56. The van der Waals surface area contributed by atoms with E-state index in [4.69, 9.17) is 5.11 Å². The van der Waals surface area contributed by atoms with E-state index in [1.54, 1.807) is 6.20 Å². The Bertz CT molecular complexity index is 236. The second-order valence-electron chi connectivity index (χ2n) is 2.54. The number of hydrogen-bond acceptors (Lipinski definition) is 3. The van der Waals surface area contributed by atoms with E-state index in [0.29, 0.717) is 6.42 Å². The Kier molecular flexibility index (Phi) is 3.41. The largest absolute Gasteiger partial charge is 0.394 e. The molecule has 1 atom stereocenters. The SMILES string of the molecule is C=NC(CO)Cc1ccccn1. The number of aromatic nitrogens is 1. The highest BCUT2D eigenvalue weighted by atomic mass is 16.3. The van der Waals surface area contributed by atoms with Crippen LogP contribution in [0.4, 0.5) is 0 Å². The molecule has 0 spiro atoms. The first kappa shape index (κ1) is 8.87. The van der Waals surface area contributed by atoms with Crippen molar-refractivity contribution in [1.29, 1.82) is 0 Å². The first-order valence-corrected chi connectivity index (χ1v) is 3.83. The number of hydrogen-bond donors (Lipinski definition) is 1. The van der Waals surface area contributed by atoms with E-state index < -0.39 is 0 Å². The number of aliphatic hydroxyl groups excluding tert-OH is 1. The van der Waals surface area contributed by atoms with Gasteiger partial charge in [0.2, 0.25) is 0 Å². The highest BCUT2D eigenvalue weighted by Crippen LogP contribution is 2.01. The Morgan fingerprint density at radius 3 is 2.92 bits per heavy atom. The molecule has 0 bridgehead atoms. The molecule has 1 N–H and O–H groups in total. The summed E-state index contributed by atoms with van der Waals surface area (Å²) in [7, 11) is 0. The fourth-order valence-corrected chi connectivity index (χ4v) is 0.947. The molecule has 0 amide bonds. The normalized spacial score (nSPS) is 12.4. The molecule has 0 fully saturated rings. The lowest BCUT2D eigenvalue weighted by Crippen LogP contribution is -2.13. The van der Waals surface area contributed by atoms with Gasteiger partial charge in [0.1, 0.15) is 0 Å². The van der Waals surface area contributed by atoms with Crippen LogP contribution >= 0.6 is 0 Å². The molecule has 64 valence electrons. The zero-order chi connectivity index (χ0) is 8.81. The Hall–Kier alpha value is -1.22. The van der Waals surface area contributed by atoms with Crippen LogP contribution in [0.15, 0.2) is 29.4 Å².